The molecular formula is C18H8F9NO4. The van der Waals surface area contributed by atoms with Crippen molar-refractivity contribution < 1.29 is 54.3 Å². The van der Waals surface area contributed by atoms with Gasteiger partial charge in [-0.05, 0) is 42.0 Å². The summed E-state index contributed by atoms with van der Waals surface area (Å²) in [5.74, 6) is -2.04. The molecule has 0 bridgehead atoms. The minimum atomic E-state index is -5.26. The average Bonchev–Trinajstić information content (AvgIpc) is 2.63. The molecule has 32 heavy (non-hydrogen) atoms. The number of nitrogens with zero attached hydrogens (tertiary/aromatic N) is 1. The molecule has 0 aliphatic carbocycles. The first kappa shape index (κ1) is 24.7. The summed E-state index contributed by atoms with van der Waals surface area (Å²) in [5.41, 5.74) is -9.55. The zero-order chi connectivity index (χ0) is 24.6. The van der Waals surface area contributed by atoms with E-state index in [1.165, 1.54) is 0 Å². The first-order valence-corrected chi connectivity index (χ1v) is 8.01. The van der Waals surface area contributed by atoms with Crippen LogP contribution in [0.3, 0.4) is 0 Å². The summed E-state index contributed by atoms with van der Waals surface area (Å²) >= 11 is 0. The molecule has 2 aromatic rings. The highest BCUT2D eigenvalue weighted by molar-refractivity contribution is 6.21. The summed E-state index contributed by atoms with van der Waals surface area (Å²) in [6.07, 6.45) is -15.3. The molecule has 0 unspecified atom stereocenters. The van der Waals surface area contributed by atoms with E-state index in [0.717, 1.165) is 0 Å². The SMILES string of the molecule is O=C(O)/C(=C\c1cc(C(F)(F)F)cc(C(F)(F)F)c1)c1ccc(C(F)(F)F)cc1[N+](=O)[O-]. The third kappa shape index (κ3) is 5.56. The third-order valence-electron chi connectivity index (χ3n) is 3.96. The fourth-order valence-corrected chi connectivity index (χ4v) is 2.57. The van der Waals surface area contributed by atoms with Crippen molar-refractivity contribution in [3.05, 3.63) is 74.3 Å². The van der Waals surface area contributed by atoms with Gasteiger partial charge in [-0.3, -0.25) is 10.1 Å². The molecule has 0 aliphatic heterocycles. The number of rotatable bonds is 4. The number of hydrogen-bond acceptors (Lipinski definition) is 3. The molecule has 14 heteroatoms. The van der Waals surface area contributed by atoms with Gasteiger partial charge >= 0.3 is 24.5 Å². The van der Waals surface area contributed by atoms with Crippen molar-refractivity contribution in [2.45, 2.75) is 18.5 Å². The lowest BCUT2D eigenvalue weighted by molar-refractivity contribution is -0.385. The smallest absolute Gasteiger partial charge is 0.416 e. The summed E-state index contributed by atoms with van der Waals surface area (Å²) in [6.45, 7) is 0. The van der Waals surface area contributed by atoms with Crippen molar-refractivity contribution >= 4 is 23.3 Å². The molecule has 0 amide bonds. The van der Waals surface area contributed by atoms with Gasteiger partial charge in [0.25, 0.3) is 5.69 Å². The molecule has 0 saturated heterocycles. The second-order valence-corrected chi connectivity index (χ2v) is 6.19. The first-order chi connectivity index (χ1) is 14.4. The van der Waals surface area contributed by atoms with Gasteiger partial charge in [-0.2, -0.15) is 39.5 Å². The molecule has 0 spiro atoms. The number of hydrogen-bond donors (Lipinski definition) is 1. The Hall–Kier alpha value is -3.58. The lowest BCUT2D eigenvalue weighted by atomic mass is 9.97. The minimum Gasteiger partial charge on any atom is -0.478 e. The van der Waals surface area contributed by atoms with Crippen LogP contribution in [0.4, 0.5) is 45.2 Å². The zero-order valence-corrected chi connectivity index (χ0v) is 15.1. The number of nitro groups is 1. The van der Waals surface area contributed by atoms with E-state index in [-0.39, 0.29) is 36.4 Å². The molecule has 172 valence electrons. The molecule has 0 radical (unpaired) electrons. The summed E-state index contributed by atoms with van der Waals surface area (Å²) in [4.78, 5) is 21.4. The molecule has 1 N–H and O–H groups in total. The molecule has 0 saturated carbocycles. The van der Waals surface area contributed by atoms with Crippen LogP contribution in [0.25, 0.3) is 11.6 Å². The number of nitro benzene ring substituents is 1. The van der Waals surface area contributed by atoms with Gasteiger partial charge in [-0.1, -0.05) is 0 Å². The van der Waals surface area contributed by atoms with E-state index < -0.39 is 68.5 Å². The topological polar surface area (TPSA) is 80.4 Å². The van der Waals surface area contributed by atoms with Gasteiger partial charge in [0.2, 0.25) is 0 Å². The predicted molar refractivity (Wildman–Crippen MR) is 90.1 cm³/mol. The number of aliphatic carboxylic acids is 1. The van der Waals surface area contributed by atoms with E-state index in [1.54, 1.807) is 0 Å². The zero-order valence-electron chi connectivity index (χ0n) is 15.1. The molecular weight excluding hydrogens is 465 g/mol. The Morgan fingerprint density at radius 1 is 0.812 bits per heavy atom. The van der Waals surface area contributed by atoms with Crippen LogP contribution in [0.2, 0.25) is 0 Å². The number of alkyl halides is 9. The van der Waals surface area contributed by atoms with E-state index in [9.17, 15) is 59.5 Å². The Morgan fingerprint density at radius 2 is 1.28 bits per heavy atom. The Bertz CT molecular complexity index is 1070. The minimum absolute atomic E-state index is 0.000602. The highest BCUT2D eigenvalue weighted by Gasteiger charge is 2.37. The summed E-state index contributed by atoms with van der Waals surface area (Å²) in [5, 5.41) is 20.5. The summed E-state index contributed by atoms with van der Waals surface area (Å²) < 4.78 is 116. The number of halogens is 9. The highest BCUT2D eigenvalue weighted by Crippen LogP contribution is 2.39. The van der Waals surface area contributed by atoms with Crippen LogP contribution in [0.5, 0.6) is 0 Å². The van der Waals surface area contributed by atoms with Crippen molar-refractivity contribution in [2.75, 3.05) is 0 Å². The Balaban J connectivity index is 2.80. The standard InChI is InChI=1S/C18H8F9NO4/c19-16(20,21)9-1-2-12(14(7-9)28(31)32)13(15(29)30)5-8-3-10(17(22,23)24)6-11(4-8)18(25,26)27/h1-7H,(H,29,30)/b13-5-. The third-order valence-corrected chi connectivity index (χ3v) is 3.96. The lowest BCUT2D eigenvalue weighted by Gasteiger charge is -2.14. The molecule has 2 rings (SSSR count). The molecule has 0 aliphatic rings. The van der Waals surface area contributed by atoms with Gasteiger partial charge in [0.05, 0.1) is 32.8 Å². The molecule has 0 fully saturated rings. The van der Waals surface area contributed by atoms with Crippen LogP contribution in [-0.4, -0.2) is 16.0 Å². The van der Waals surface area contributed by atoms with Crippen molar-refractivity contribution in [1.82, 2.24) is 0 Å². The second-order valence-electron chi connectivity index (χ2n) is 6.19. The van der Waals surface area contributed by atoms with E-state index >= 15 is 0 Å². The van der Waals surface area contributed by atoms with Crippen molar-refractivity contribution in [2.24, 2.45) is 0 Å². The molecule has 0 atom stereocenters. The first-order valence-electron chi connectivity index (χ1n) is 8.01. The number of carbonyl (C=O) groups is 1. The maximum absolute atomic E-state index is 13.0. The largest absolute Gasteiger partial charge is 0.478 e. The van der Waals surface area contributed by atoms with Gasteiger partial charge < -0.3 is 5.11 Å². The Morgan fingerprint density at radius 3 is 1.66 bits per heavy atom. The highest BCUT2D eigenvalue weighted by atomic mass is 19.4. The number of carboxylic acid groups (broad SMARTS) is 1. The van der Waals surface area contributed by atoms with Crippen LogP contribution < -0.4 is 0 Å². The molecule has 0 aromatic heterocycles. The van der Waals surface area contributed by atoms with Crippen LogP contribution in [0.15, 0.2) is 36.4 Å². The van der Waals surface area contributed by atoms with Gasteiger partial charge in [0, 0.05) is 6.07 Å². The molecule has 5 nitrogen and oxygen atoms in total. The van der Waals surface area contributed by atoms with Crippen LogP contribution in [0.1, 0.15) is 27.8 Å². The maximum atomic E-state index is 13.0. The fourth-order valence-electron chi connectivity index (χ4n) is 2.57. The van der Waals surface area contributed by atoms with Gasteiger partial charge in [-0.25, -0.2) is 4.79 Å². The predicted octanol–water partition coefficient (Wildman–Crippen LogP) is 6.28. The number of benzene rings is 2. The van der Waals surface area contributed by atoms with Gasteiger partial charge in [-0.15, -0.1) is 0 Å². The van der Waals surface area contributed by atoms with Crippen molar-refractivity contribution in [3.63, 3.8) is 0 Å². The van der Waals surface area contributed by atoms with Crippen molar-refractivity contribution in [1.29, 1.82) is 0 Å². The maximum Gasteiger partial charge on any atom is 0.416 e. The van der Waals surface area contributed by atoms with Gasteiger partial charge in [0.15, 0.2) is 0 Å². The lowest BCUT2D eigenvalue weighted by Crippen LogP contribution is -2.11. The van der Waals surface area contributed by atoms with E-state index in [2.05, 4.69) is 0 Å². The van der Waals surface area contributed by atoms with E-state index in [1.807, 2.05) is 0 Å². The number of carboxylic acids is 1. The summed E-state index contributed by atoms with van der Waals surface area (Å²) in [7, 11) is 0. The summed E-state index contributed by atoms with van der Waals surface area (Å²) in [6, 6.07) is 0.769. The van der Waals surface area contributed by atoms with Crippen LogP contribution in [0, 0.1) is 10.1 Å². The fraction of sp³-hybridized carbons (Fsp3) is 0.167. The molecule has 2 aromatic carbocycles. The Labute approximate surface area is 171 Å². The van der Waals surface area contributed by atoms with E-state index in [4.69, 9.17) is 0 Å². The van der Waals surface area contributed by atoms with E-state index in [0.29, 0.717) is 6.07 Å². The Kier molecular flexibility index (Phi) is 6.30. The molecule has 0 heterocycles. The second kappa shape index (κ2) is 8.16. The van der Waals surface area contributed by atoms with Gasteiger partial charge in [0.1, 0.15) is 0 Å². The normalized spacial score (nSPS) is 13.2. The van der Waals surface area contributed by atoms with Crippen molar-refractivity contribution in [3.8, 4) is 0 Å². The average molecular weight is 473 g/mol. The quantitative estimate of drug-likeness (QED) is 0.187. The van der Waals surface area contributed by atoms with Crippen LogP contribution >= 0.6 is 0 Å². The van der Waals surface area contributed by atoms with Crippen LogP contribution in [-0.2, 0) is 23.3 Å². The monoisotopic (exact) mass is 473 g/mol.